The van der Waals surface area contributed by atoms with E-state index in [4.69, 9.17) is 10.5 Å². The number of amides is 1. The average Bonchev–Trinajstić information content (AvgIpc) is 2.86. The average molecular weight is 280 g/mol. The highest BCUT2D eigenvalue weighted by Crippen LogP contribution is 2.20. The lowest BCUT2D eigenvalue weighted by Gasteiger charge is -2.23. The number of nitrogen functional groups attached to an aromatic ring is 1. The second kappa shape index (κ2) is 6.40. The van der Waals surface area contributed by atoms with E-state index >= 15 is 0 Å². The van der Waals surface area contributed by atoms with Gasteiger partial charge in [-0.05, 0) is 32.6 Å². The summed E-state index contributed by atoms with van der Waals surface area (Å²) in [5.74, 6) is -0.674. The molecule has 1 aromatic heterocycles. The molecule has 1 heterocycles. The molecule has 0 aliphatic heterocycles. The van der Waals surface area contributed by atoms with Gasteiger partial charge in [-0.15, -0.1) is 0 Å². The molecule has 0 bridgehead atoms. The Morgan fingerprint density at radius 2 is 2.15 bits per heavy atom. The summed E-state index contributed by atoms with van der Waals surface area (Å²) in [7, 11) is 0. The van der Waals surface area contributed by atoms with Crippen molar-refractivity contribution in [2.75, 3.05) is 5.73 Å². The van der Waals surface area contributed by atoms with Crippen LogP contribution in [-0.2, 0) is 9.53 Å². The Hall–Kier alpha value is -2.05. The topological polar surface area (TPSA) is 110 Å². The lowest BCUT2D eigenvalue weighted by atomic mass is 9.98. The van der Waals surface area contributed by atoms with Gasteiger partial charge in [-0.1, -0.05) is 6.42 Å². The monoisotopic (exact) mass is 280 g/mol. The molecule has 7 nitrogen and oxygen atoms in total. The minimum Gasteiger partial charge on any atom is -0.461 e. The Labute approximate surface area is 117 Å². The van der Waals surface area contributed by atoms with Gasteiger partial charge in [-0.25, -0.2) is 4.79 Å². The van der Waals surface area contributed by atoms with Crippen molar-refractivity contribution in [3.63, 3.8) is 0 Å². The Bertz CT molecular complexity index is 480. The Balaban J connectivity index is 1.84. The van der Waals surface area contributed by atoms with Crippen LogP contribution in [0.2, 0.25) is 0 Å². The zero-order valence-corrected chi connectivity index (χ0v) is 11.5. The summed E-state index contributed by atoms with van der Waals surface area (Å²) in [6, 6.07) is -0.710. The number of aromatic nitrogens is 2. The van der Waals surface area contributed by atoms with Crippen LogP contribution in [0.15, 0.2) is 6.20 Å². The number of nitrogens with one attached hydrogen (secondary N) is 2. The van der Waals surface area contributed by atoms with Gasteiger partial charge in [0.2, 0.25) is 0 Å². The number of H-pyrrole nitrogens is 1. The van der Waals surface area contributed by atoms with Gasteiger partial charge in [0.05, 0.1) is 6.20 Å². The summed E-state index contributed by atoms with van der Waals surface area (Å²) in [5, 5.41) is 8.69. The van der Waals surface area contributed by atoms with Crippen LogP contribution in [-0.4, -0.2) is 34.2 Å². The van der Waals surface area contributed by atoms with Crippen molar-refractivity contribution in [3.8, 4) is 0 Å². The summed E-state index contributed by atoms with van der Waals surface area (Å²) in [4.78, 5) is 23.8. The number of nitrogens with zero attached hydrogens (tertiary/aromatic N) is 1. The number of carbonyl (C=O) groups is 2. The zero-order valence-electron chi connectivity index (χ0n) is 11.5. The summed E-state index contributed by atoms with van der Waals surface area (Å²) in [5.41, 5.74) is 5.77. The number of carbonyl (C=O) groups excluding carboxylic acids is 2. The highest BCUT2D eigenvalue weighted by molar-refractivity contribution is 5.99. The van der Waals surface area contributed by atoms with Crippen LogP contribution in [0.25, 0.3) is 0 Å². The van der Waals surface area contributed by atoms with Crippen LogP contribution in [0.5, 0.6) is 0 Å². The fraction of sp³-hybridized carbons (Fsp3) is 0.615. The molecule has 0 aromatic carbocycles. The first-order chi connectivity index (χ1) is 9.58. The number of hydrogen-bond acceptors (Lipinski definition) is 5. The van der Waals surface area contributed by atoms with Crippen molar-refractivity contribution < 1.29 is 14.3 Å². The molecule has 1 fully saturated rings. The molecule has 4 N–H and O–H groups in total. The van der Waals surface area contributed by atoms with Gasteiger partial charge in [0.15, 0.2) is 0 Å². The van der Waals surface area contributed by atoms with E-state index in [0.29, 0.717) is 0 Å². The van der Waals surface area contributed by atoms with E-state index in [1.54, 1.807) is 6.92 Å². The van der Waals surface area contributed by atoms with E-state index in [1.165, 1.54) is 12.6 Å². The third-order valence-corrected chi connectivity index (χ3v) is 3.45. The number of ether oxygens (including phenoxy) is 1. The minimum atomic E-state index is -0.710. The predicted octanol–water partition coefficient (Wildman–Crippen LogP) is 0.986. The molecule has 0 radical (unpaired) electrons. The predicted molar refractivity (Wildman–Crippen MR) is 72.9 cm³/mol. The maximum atomic E-state index is 11.9. The van der Waals surface area contributed by atoms with Crippen LogP contribution in [0, 0.1) is 0 Å². The van der Waals surface area contributed by atoms with Gasteiger partial charge in [0.25, 0.3) is 5.91 Å². The van der Waals surface area contributed by atoms with Crippen molar-refractivity contribution in [3.05, 3.63) is 11.8 Å². The molecular weight excluding hydrogens is 260 g/mol. The largest absolute Gasteiger partial charge is 0.461 e. The van der Waals surface area contributed by atoms with Crippen molar-refractivity contribution in [2.45, 2.75) is 51.2 Å². The van der Waals surface area contributed by atoms with Crippen LogP contribution < -0.4 is 11.1 Å². The van der Waals surface area contributed by atoms with E-state index in [1.807, 2.05) is 0 Å². The number of anilines is 1. The van der Waals surface area contributed by atoms with Crippen molar-refractivity contribution in [1.29, 1.82) is 0 Å². The van der Waals surface area contributed by atoms with Crippen LogP contribution in [0.3, 0.4) is 0 Å². The summed E-state index contributed by atoms with van der Waals surface area (Å²) >= 11 is 0. The highest BCUT2D eigenvalue weighted by Gasteiger charge is 2.24. The number of esters is 1. The van der Waals surface area contributed by atoms with Crippen LogP contribution >= 0.6 is 0 Å². The molecule has 7 heteroatoms. The molecule has 1 unspecified atom stereocenters. The van der Waals surface area contributed by atoms with Crippen LogP contribution in [0.1, 0.15) is 49.4 Å². The van der Waals surface area contributed by atoms with Gasteiger partial charge < -0.3 is 15.8 Å². The first kappa shape index (κ1) is 14.4. The number of nitrogens with two attached hydrogens (primary N) is 1. The van der Waals surface area contributed by atoms with E-state index in [2.05, 4.69) is 15.5 Å². The Morgan fingerprint density at radius 1 is 1.45 bits per heavy atom. The molecule has 110 valence electrons. The van der Waals surface area contributed by atoms with Gasteiger partial charge in [-0.2, -0.15) is 5.10 Å². The Kier molecular flexibility index (Phi) is 4.60. The third kappa shape index (κ3) is 3.49. The lowest BCUT2D eigenvalue weighted by molar-refractivity contribution is -0.152. The van der Waals surface area contributed by atoms with Crippen molar-refractivity contribution in [1.82, 2.24) is 15.5 Å². The van der Waals surface area contributed by atoms with Crippen molar-refractivity contribution in [2.24, 2.45) is 0 Å². The molecular formula is C13H20N4O3. The number of hydrogen-bond donors (Lipinski definition) is 3. The maximum absolute atomic E-state index is 11.9. The second-order valence-electron chi connectivity index (χ2n) is 5.09. The van der Waals surface area contributed by atoms with E-state index in [0.717, 1.165) is 25.7 Å². The fourth-order valence-corrected chi connectivity index (χ4v) is 2.26. The summed E-state index contributed by atoms with van der Waals surface area (Å²) in [6.45, 7) is 1.60. The standard InChI is InChI=1S/C13H20N4O3/c1-8(13(19)20-9-5-3-2-4-6-9)16-12(18)10-7-15-17-11(10)14/h7-9H,2-6H2,1H3,(H,16,18)(H3,14,15,17). The third-order valence-electron chi connectivity index (χ3n) is 3.45. The molecule has 1 aliphatic carbocycles. The minimum absolute atomic E-state index is 0.0189. The first-order valence-corrected chi connectivity index (χ1v) is 6.88. The van der Waals surface area contributed by atoms with E-state index in [9.17, 15) is 9.59 Å². The highest BCUT2D eigenvalue weighted by atomic mass is 16.5. The smallest absolute Gasteiger partial charge is 0.328 e. The molecule has 2 rings (SSSR count). The molecule has 1 aliphatic rings. The maximum Gasteiger partial charge on any atom is 0.328 e. The second-order valence-corrected chi connectivity index (χ2v) is 5.09. The SMILES string of the molecule is CC(NC(=O)c1cn[nH]c1N)C(=O)OC1CCCCC1. The molecule has 1 saturated carbocycles. The lowest BCUT2D eigenvalue weighted by Crippen LogP contribution is -2.41. The summed E-state index contributed by atoms with van der Waals surface area (Å²) in [6.07, 6.45) is 6.48. The van der Waals surface area contributed by atoms with Gasteiger partial charge >= 0.3 is 5.97 Å². The zero-order chi connectivity index (χ0) is 14.5. The molecule has 0 saturated heterocycles. The molecule has 1 aromatic rings. The molecule has 1 atom stereocenters. The first-order valence-electron chi connectivity index (χ1n) is 6.88. The van der Waals surface area contributed by atoms with E-state index in [-0.39, 0.29) is 17.5 Å². The fourth-order valence-electron chi connectivity index (χ4n) is 2.26. The summed E-state index contributed by atoms with van der Waals surface area (Å²) < 4.78 is 5.39. The molecule has 20 heavy (non-hydrogen) atoms. The van der Waals surface area contributed by atoms with Gasteiger partial charge in [0, 0.05) is 0 Å². The number of aromatic amines is 1. The van der Waals surface area contributed by atoms with E-state index < -0.39 is 17.9 Å². The van der Waals surface area contributed by atoms with Gasteiger partial charge in [0.1, 0.15) is 23.5 Å². The quantitative estimate of drug-likeness (QED) is 0.712. The normalized spacial score (nSPS) is 17.4. The van der Waals surface area contributed by atoms with Crippen LogP contribution in [0.4, 0.5) is 5.82 Å². The van der Waals surface area contributed by atoms with Crippen molar-refractivity contribution >= 4 is 17.7 Å². The number of rotatable bonds is 4. The molecule has 0 spiro atoms. The van der Waals surface area contributed by atoms with Gasteiger partial charge in [-0.3, -0.25) is 9.89 Å². The molecule has 1 amide bonds. The Morgan fingerprint density at radius 3 is 2.75 bits per heavy atom.